The molecule has 104 valence electrons. The second-order valence-corrected chi connectivity index (χ2v) is 4.51. The molecule has 4 N–H and O–H groups in total. The van der Waals surface area contributed by atoms with E-state index in [1.165, 1.54) is 12.2 Å². The van der Waals surface area contributed by atoms with Gasteiger partial charge >= 0.3 is 0 Å². The Morgan fingerprint density at radius 1 is 1.20 bits per heavy atom. The molecule has 1 aliphatic rings. The smallest absolute Gasteiger partial charge is 0.193 e. The maximum absolute atomic E-state index is 11.7. The highest BCUT2D eigenvalue weighted by Crippen LogP contribution is 2.25. The lowest BCUT2D eigenvalue weighted by atomic mass is 9.93. The fraction of sp³-hybridized carbons (Fsp3) is 0.133. The molecular formula is C15H14O5. The lowest BCUT2D eigenvalue weighted by Crippen LogP contribution is -2.34. The average Bonchev–Trinajstić information content (AvgIpc) is 2.37. The van der Waals surface area contributed by atoms with Crippen LogP contribution < -0.4 is 0 Å². The normalized spacial score (nSPS) is 20.9. The van der Waals surface area contributed by atoms with Crippen molar-refractivity contribution < 1.29 is 25.2 Å². The van der Waals surface area contributed by atoms with Crippen molar-refractivity contribution in [2.24, 2.45) is 0 Å². The van der Waals surface area contributed by atoms with E-state index in [2.05, 4.69) is 0 Å². The van der Waals surface area contributed by atoms with E-state index in [1.54, 1.807) is 30.3 Å². The second-order valence-electron chi connectivity index (χ2n) is 4.51. The van der Waals surface area contributed by atoms with E-state index in [1.807, 2.05) is 0 Å². The number of rotatable bonds is 2. The van der Waals surface area contributed by atoms with Gasteiger partial charge in [-0.3, -0.25) is 4.79 Å². The van der Waals surface area contributed by atoms with Gasteiger partial charge in [0.1, 0.15) is 11.5 Å². The molecule has 5 heteroatoms. The number of hydrogen-bond acceptors (Lipinski definition) is 5. The quantitative estimate of drug-likeness (QED) is 0.373. The molecule has 0 bridgehead atoms. The Morgan fingerprint density at radius 2 is 1.85 bits per heavy atom. The zero-order valence-corrected chi connectivity index (χ0v) is 10.5. The van der Waals surface area contributed by atoms with Crippen molar-refractivity contribution in [3.63, 3.8) is 0 Å². The van der Waals surface area contributed by atoms with Gasteiger partial charge < -0.3 is 20.4 Å². The molecule has 20 heavy (non-hydrogen) atoms. The summed E-state index contributed by atoms with van der Waals surface area (Å²) in [5.41, 5.74) is 0.487. The van der Waals surface area contributed by atoms with Crippen molar-refractivity contribution in [2.45, 2.75) is 12.2 Å². The highest BCUT2D eigenvalue weighted by atomic mass is 16.5. The van der Waals surface area contributed by atoms with Crippen LogP contribution in [0.15, 0.2) is 59.9 Å². The first kappa shape index (κ1) is 14.0. The molecule has 0 unspecified atom stereocenters. The fourth-order valence-electron chi connectivity index (χ4n) is 1.87. The average molecular weight is 274 g/mol. The maximum Gasteiger partial charge on any atom is 0.193 e. The summed E-state index contributed by atoms with van der Waals surface area (Å²) < 4.78 is 0. The van der Waals surface area contributed by atoms with Gasteiger partial charge in [0.25, 0.3) is 0 Å². The van der Waals surface area contributed by atoms with Crippen molar-refractivity contribution in [1.29, 1.82) is 0 Å². The molecule has 0 saturated heterocycles. The number of carbonyl (C=O) groups is 1. The van der Waals surface area contributed by atoms with Crippen LogP contribution >= 0.6 is 0 Å². The minimum atomic E-state index is -2.33. The van der Waals surface area contributed by atoms with Crippen LogP contribution in [0.4, 0.5) is 0 Å². The molecule has 0 aromatic heterocycles. The van der Waals surface area contributed by atoms with Crippen LogP contribution in [0.5, 0.6) is 0 Å². The molecule has 0 saturated carbocycles. The summed E-state index contributed by atoms with van der Waals surface area (Å²) in [6.07, 6.45) is 2.76. The van der Waals surface area contributed by atoms with Gasteiger partial charge in [-0.2, -0.15) is 0 Å². The van der Waals surface area contributed by atoms with Gasteiger partial charge in [-0.05, 0) is 12.2 Å². The summed E-state index contributed by atoms with van der Waals surface area (Å²) in [4.78, 5) is 11.7. The minimum Gasteiger partial charge on any atom is -0.507 e. The minimum absolute atomic E-state index is 0.0662. The summed E-state index contributed by atoms with van der Waals surface area (Å²) in [5.74, 6) is -3.54. The van der Waals surface area contributed by atoms with E-state index in [0.717, 1.165) is 6.08 Å². The van der Waals surface area contributed by atoms with Crippen molar-refractivity contribution in [3.8, 4) is 0 Å². The van der Waals surface area contributed by atoms with Crippen LogP contribution in [0.2, 0.25) is 0 Å². The number of hydrogen-bond donors (Lipinski definition) is 4. The molecule has 2 rings (SSSR count). The molecule has 1 aromatic carbocycles. The van der Waals surface area contributed by atoms with Gasteiger partial charge in [-0.25, -0.2) is 0 Å². The Balaban J connectivity index is 2.30. The molecule has 0 heterocycles. The van der Waals surface area contributed by atoms with Gasteiger partial charge in [0.15, 0.2) is 11.6 Å². The zero-order valence-electron chi connectivity index (χ0n) is 10.5. The monoisotopic (exact) mass is 274 g/mol. The number of aliphatic hydroxyl groups is 4. The highest BCUT2D eigenvalue weighted by molar-refractivity contribution is 6.01. The van der Waals surface area contributed by atoms with E-state index < -0.39 is 23.8 Å². The topological polar surface area (TPSA) is 98.0 Å². The third-order valence-corrected chi connectivity index (χ3v) is 2.84. The Hall–Kier alpha value is -2.37. The van der Waals surface area contributed by atoms with E-state index in [9.17, 15) is 25.2 Å². The Kier molecular flexibility index (Phi) is 3.74. The molecule has 5 nitrogen and oxygen atoms in total. The van der Waals surface area contributed by atoms with Crippen LogP contribution in [0.1, 0.15) is 12.0 Å². The van der Waals surface area contributed by atoms with Crippen LogP contribution in [0.3, 0.4) is 0 Å². The number of carbonyl (C=O) groups excluding carboxylic acids is 1. The molecular weight excluding hydrogens is 260 g/mol. The number of Topliss-reactive ketones (excluding diaryl/α,β-unsaturated/α-hetero) is 1. The van der Waals surface area contributed by atoms with Crippen LogP contribution in [-0.4, -0.2) is 32.0 Å². The molecule has 0 aliphatic heterocycles. The summed E-state index contributed by atoms with van der Waals surface area (Å²) in [6, 6.07) is 8.68. The summed E-state index contributed by atoms with van der Waals surface area (Å²) in [7, 11) is 0. The lowest BCUT2D eigenvalue weighted by Gasteiger charge is -2.22. The summed E-state index contributed by atoms with van der Waals surface area (Å²) in [6.45, 7) is 0. The van der Waals surface area contributed by atoms with Crippen molar-refractivity contribution in [1.82, 2.24) is 0 Å². The van der Waals surface area contributed by atoms with E-state index in [0.29, 0.717) is 5.56 Å². The molecule has 0 fully saturated rings. The first-order chi connectivity index (χ1) is 9.39. The number of ketones is 1. The Labute approximate surface area is 115 Å². The van der Waals surface area contributed by atoms with Crippen LogP contribution in [-0.2, 0) is 4.79 Å². The van der Waals surface area contributed by atoms with Crippen molar-refractivity contribution in [3.05, 3.63) is 65.5 Å². The molecule has 0 amide bonds. The van der Waals surface area contributed by atoms with Gasteiger partial charge in [0, 0.05) is 11.6 Å². The molecule has 1 aromatic rings. The molecule has 0 radical (unpaired) electrons. The molecule has 1 aliphatic carbocycles. The zero-order chi connectivity index (χ0) is 14.8. The van der Waals surface area contributed by atoms with E-state index in [4.69, 9.17) is 0 Å². The maximum atomic E-state index is 11.7. The largest absolute Gasteiger partial charge is 0.507 e. The van der Waals surface area contributed by atoms with Gasteiger partial charge in [-0.1, -0.05) is 30.3 Å². The van der Waals surface area contributed by atoms with E-state index >= 15 is 0 Å². The molecule has 0 spiro atoms. The fourth-order valence-corrected chi connectivity index (χ4v) is 1.87. The third-order valence-electron chi connectivity index (χ3n) is 2.84. The van der Waals surface area contributed by atoms with Gasteiger partial charge in [0.2, 0.25) is 0 Å². The van der Waals surface area contributed by atoms with Gasteiger partial charge in [-0.15, -0.1) is 0 Å². The second kappa shape index (κ2) is 5.32. The first-order valence-electron chi connectivity index (χ1n) is 5.95. The third kappa shape index (κ3) is 3.14. The van der Waals surface area contributed by atoms with Crippen molar-refractivity contribution in [2.75, 3.05) is 0 Å². The van der Waals surface area contributed by atoms with Crippen LogP contribution in [0, 0.1) is 0 Å². The number of aliphatic hydroxyl groups excluding tert-OH is 2. The summed E-state index contributed by atoms with van der Waals surface area (Å²) in [5, 5.41) is 38.0. The Bertz CT molecular complexity index is 608. The Morgan fingerprint density at radius 3 is 2.45 bits per heavy atom. The first-order valence-corrected chi connectivity index (χ1v) is 5.95. The predicted molar refractivity (Wildman–Crippen MR) is 72.6 cm³/mol. The number of benzene rings is 1. The highest BCUT2D eigenvalue weighted by Gasteiger charge is 2.33. The van der Waals surface area contributed by atoms with Gasteiger partial charge in [0.05, 0.1) is 12.0 Å². The van der Waals surface area contributed by atoms with Crippen molar-refractivity contribution >= 4 is 11.5 Å². The van der Waals surface area contributed by atoms with E-state index in [-0.39, 0.29) is 11.3 Å². The SMILES string of the molecule is O=C1CC(O)(O)C=C(O)C1=CC=C(O)c1ccccc1. The lowest BCUT2D eigenvalue weighted by molar-refractivity contribution is -0.146. The summed E-state index contributed by atoms with van der Waals surface area (Å²) >= 11 is 0. The predicted octanol–water partition coefficient (Wildman–Crippen LogP) is 1.61. The van der Waals surface area contributed by atoms with Crippen LogP contribution in [0.25, 0.3) is 5.76 Å². The molecule has 0 atom stereocenters. The number of allylic oxidation sites excluding steroid dienone is 3. The standard InChI is InChI=1S/C15H14O5/c16-12(10-4-2-1-3-5-10)7-6-11-13(17)8-15(19,20)9-14(11)18/h1-8,16-17,19-20H,9H2.